The lowest BCUT2D eigenvalue weighted by Gasteiger charge is -2.23. The van der Waals surface area contributed by atoms with Gasteiger partial charge < -0.3 is 15.2 Å². The predicted molar refractivity (Wildman–Crippen MR) is 68.8 cm³/mol. The van der Waals surface area contributed by atoms with Gasteiger partial charge in [0.2, 0.25) is 0 Å². The number of methoxy groups -OCH3 is 1. The first-order valence-corrected chi connectivity index (χ1v) is 6.43. The van der Waals surface area contributed by atoms with Crippen molar-refractivity contribution >= 4 is 5.97 Å². The molecule has 17 heavy (non-hydrogen) atoms. The normalized spacial score (nSPS) is 16.3. The Bertz CT molecular complexity index is 217. The molecule has 2 N–H and O–H groups in total. The van der Waals surface area contributed by atoms with Gasteiger partial charge in [0.05, 0.1) is 19.8 Å². The van der Waals surface area contributed by atoms with Crippen LogP contribution >= 0.6 is 0 Å². The summed E-state index contributed by atoms with van der Waals surface area (Å²) in [4.78, 5) is 11.3. The van der Waals surface area contributed by atoms with Crippen LogP contribution in [0.15, 0.2) is 0 Å². The Labute approximate surface area is 105 Å². The predicted octanol–water partition coefficient (Wildman–Crippen LogP) is 2.25. The largest absolute Gasteiger partial charge is 0.468 e. The van der Waals surface area contributed by atoms with Crippen LogP contribution in [0.3, 0.4) is 0 Å². The van der Waals surface area contributed by atoms with Gasteiger partial charge >= 0.3 is 5.97 Å². The number of esters is 1. The molecule has 0 aromatic rings. The number of hydrogen-bond donors (Lipinski definition) is 1. The molecule has 4 nitrogen and oxygen atoms in total. The van der Waals surface area contributed by atoms with Crippen LogP contribution in [0.2, 0.25) is 0 Å². The summed E-state index contributed by atoms with van der Waals surface area (Å²) in [6, 6.07) is 0. The number of carbonyl (C=O) groups is 1. The van der Waals surface area contributed by atoms with Gasteiger partial charge in [0, 0.05) is 0 Å². The second kappa shape index (κ2) is 8.48. The van der Waals surface area contributed by atoms with Crippen molar-refractivity contribution in [3.63, 3.8) is 0 Å². The summed E-state index contributed by atoms with van der Waals surface area (Å²) in [5.74, 6) is -0.435. The average Bonchev–Trinajstić information content (AvgIpc) is 2.31. The van der Waals surface area contributed by atoms with Crippen LogP contribution in [0, 0.1) is 0 Å². The molecular formula is C13H27NO3. The van der Waals surface area contributed by atoms with Gasteiger partial charge in [0.25, 0.3) is 0 Å². The van der Waals surface area contributed by atoms with Gasteiger partial charge in [0.1, 0.15) is 5.54 Å². The van der Waals surface area contributed by atoms with Crippen LogP contribution in [0.4, 0.5) is 0 Å². The maximum Gasteiger partial charge on any atom is 0.327 e. The van der Waals surface area contributed by atoms with E-state index in [2.05, 4.69) is 11.7 Å². The molecule has 0 heterocycles. The van der Waals surface area contributed by atoms with Crippen molar-refractivity contribution < 1.29 is 14.3 Å². The molecule has 0 saturated carbocycles. The zero-order chi connectivity index (χ0) is 13.3. The quantitative estimate of drug-likeness (QED) is 0.500. The summed E-state index contributed by atoms with van der Waals surface area (Å²) in [7, 11) is 1.33. The molecular weight excluding hydrogens is 218 g/mol. The first kappa shape index (κ1) is 16.4. The highest BCUT2D eigenvalue weighted by Gasteiger charge is 2.30. The molecule has 0 bridgehead atoms. The molecule has 0 aromatic heterocycles. The summed E-state index contributed by atoms with van der Waals surface area (Å²) in [6.45, 7) is 6.03. The van der Waals surface area contributed by atoms with E-state index in [1.54, 1.807) is 6.92 Å². The number of carbonyl (C=O) groups excluding carboxylic acids is 1. The van der Waals surface area contributed by atoms with E-state index in [1.807, 2.05) is 6.92 Å². The Morgan fingerprint density at radius 3 is 2.53 bits per heavy atom. The fourth-order valence-corrected chi connectivity index (χ4v) is 1.55. The maximum absolute atomic E-state index is 11.3. The summed E-state index contributed by atoms with van der Waals surface area (Å²) in [6.07, 6.45) is 6.05. The monoisotopic (exact) mass is 245 g/mol. The van der Waals surface area contributed by atoms with Gasteiger partial charge in [-0.2, -0.15) is 0 Å². The fraction of sp³-hybridized carbons (Fsp3) is 0.923. The lowest BCUT2D eigenvalue weighted by molar-refractivity contribution is -0.149. The van der Waals surface area contributed by atoms with Gasteiger partial charge in [-0.3, -0.25) is 0 Å². The lowest BCUT2D eigenvalue weighted by Crippen LogP contribution is -2.50. The molecule has 102 valence electrons. The van der Waals surface area contributed by atoms with Crippen molar-refractivity contribution in [2.45, 2.75) is 64.5 Å². The topological polar surface area (TPSA) is 61.5 Å². The Hall–Kier alpha value is -0.610. The summed E-state index contributed by atoms with van der Waals surface area (Å²) in [5.41, 5.74) is 4.75. The highest BCUT2D eigenvalue weighted by molar-refractivity contribution is 5.80. The second-order valence-corrected chi connectivity index (χ2v) is 4.88. The third kappa shape index (κ3) is 7.34. The van der Waals surface area contributed by atoms with E-state index < -0.39 is 11.5 Å². The highest BCUT2D eigenvalue weighted by Crippen LogP contribution is 2.10. The molecule has 0 aliphatic heterocycles. The first-order chi connectivity index (χ1) is 7.94. The summed E-state index contributed by atoms with van der Waals surface area (Å²) >= 11 is 0. The van der Waals surface area contributed by atoms with Crippen LogP contribution < -0.4 is 5.73 Å². The Morgan fingerprint density at radius 1 is 1.35 bits per heavy atom. The molecule has 2 unspecified atom stereocenters. The van der Waals surface area contributed by atoms with Crippen LogP contribution in [0.5, 0.6) is 0 Å². The minimum absolute atomic E-state index is 0.138. The van der Waals surface area contributed by atoms with Crippen LogP contribution in [-0.2, 0) is 14.3 Å². The zero-order valence-corrected chi connectivity index (χ0v) is 11.6. The standard InChI is InChI=1S/C13H27NO3/c1-5-6-7-8-9-11(2)17-10-13(3,14)12(15)16-4/h11H,5-10,14H2,1-4H3. The molecule has 2 atom stereocenters. The van der Waals surface area contributed by atoms with E-state index in [0.717, 1.165) is 12.8 Å². The number of hydrogen-bond acceptors (Lipinski definition) is 4. The van der Waals surface area contributed by atoms with Crippen molar-refractivity contribution in [1.29, 1.82) is 0 Å². The molecule has 4 heteroatoms. The number of unbranched alkanes of at least 4 members (excludes halogenated alkanes) is 3. The molecule has 0 fully saturated rings. The van der Waals surface area contributed by atoms with E-state index >= 15 is 0 Å². The highest BCUT2D eigenvalue weighted by atomic mass is 16.5. The van der Waals surface area contributed by atoms with E-state index in [0.29, 0.717) is 0 Å². The molecule has 0 radical (unpaired) electrons. The maximum atomic E-state index is 11.3. The van der Waals surface area contributed by atoms with Gasteiger partial charge in [-0.15, -0.1) is 0 Å². The minimum atomic E-state index is -1.05. The smallest absolute Gasteiger partial charge is 0.327 e. The Morgan fingerprint density at radius 2 is 2.00 bits per heavy atom. The Balaban J connectivity index is 3.75. The third-order valence-electron chi connectivity index (χ3n) is 2.78. The second-order valence-electron chi connectivity index (χ2n) is 4.88. The lowest BCUT2D eigenvalue weighted by atomic mass is 10.1. The summed E-state index contributed by atoms with van der Waals surface area (Å²) < 4.78 is 10.2. The van der Waals surface area contributed by atoms with Gasteiger partial charge in [-0.1, -0.05) is 32.6 Å². The SMILES string of the molecule is CCCCCCC(C)OCC(C)(N)C(=O)OC. The van der Waals surface area contributed by atoms with Crippen molar-refractivity contribution in [3.05, 3.63) is 0 Å². The first-order valence-electron chi connectivity index (χ1n) is 6.43. The van der Waals surface area contributed by atoms with Crippen molar-refractivity contribution in [2.24, 2.45) is 5.73 Å². The molecule has 0 saturated heterocycles. The molecule has 0 rings (SSSR count). The molecule has 0 aliphatic carbocycles. The average molecular weight is 245 g/mol. The van der Waals surface area contributed by atoms with Gasteiger partial charge in [0.15, 0.2) is 0 Å². The number of nitrogens with two attached hydrogens (primary N) is 1. The van der Waals surface area contributed by atoms with E-state index in [1.165, 1.54) is 26.4 Å². The van der Waals surface area contributed by atoms with Crippen LogP contribution in [0.25, 0.3) is 0 Å². The number of ether oxygens (including phenoxy) is 2. The molecule has 0 spiro atoms. The minimum Gasteiger partial charge on any atom is -0.468 e. The molecule has 0 aliphatic rings. The summed E-state index contributed by atoms with van der Waals surface area (Å²) in [5, 5.41) is 0. The molecule has 0 amide bonds. The Kier molecular flexibility index (Phi) is 8.17. The fourth-order valence-electron chi connectivity index (χ4n) is 1.55. The van der Waals surface area contributed by atoms with E-state index in [9.17, 15) is 4.79 Å². The third-order valence-corrected chi connectivity index (χ3v) is 2.78. The van der Waals surface area contributed by atoms with Crippen molar-refractivity contribution in [3.8, 4) is 0 Å². The van der Waals surface area contributed by atoms with Crippen molar-refractivity contribution in [1.82, 2.24) is 0 Å². The van der Waals surface area contributed by atoms with Crippen LogP contribution in [-0.4, -0.2) is 31.3 Å². The van der Waals surface area contributed by atoms with Gasteiger partial charge in [-0.05, 0) is 20.3 Å². The van der Waals surface area contributed by atoms with Gasteiger partial charge in [-0.25, -0.2) is 4.79 Å². The van der Waals surface area contributed by atoms with Crippen molar-refractivity contribution in [2.75, 3.05) is 13.7 Å². The van der Waals surface area contributed by atoms with E-state index in [4.69, 9.17) is 10.5 Å². The van der Waals surface area contributed by atoms with Crippen LogP contribution in [0.1, 0.15) is 52.9 Å². The molecule has 0 aromatic carbocycles. The number of rotatable bonds is 9. The van der Waals surface area contributed by atoms with E-state index in [-0.39, 0.29) is 12.7 Å². The zero-order valence-electron chi connectivity index (χ0n) is 11.6.